The summed E-state index contributed by atoms with van der Waals surface area (Å²) < 4.78 is 60.8. The molecule has 1 unspecified atom stereocenters. The number of hydrogen-bond donors (Lipinski definition) is 4. The topological polar surface area (TPSA) is 309 Å². The number of carbonyl (C=O) groups excluding carboxylic acids is 3. The molecule has 79 heavy (non-hydrogen) atoms. The van der Waals surface area contributed by atoms with Gasteiger partial charge in [0.2, 0.25) is 5.95 Å². The normalized spacial score (nSPS) is 11.9. The molecule has 0 saturated carbocycles. The predicted octanol–water partition coefficient (Wildman–Crippen LogP) is 4.38. The lowest BCUT2D eigenvalue weighted by Gasteiger charge is -2.19. The Morgan fingerprint density at radius 1 is 0.570 bits per heavy atom. The van der Waals surface area contributed by atoms with E-state index in [-0.39, 0.29) is 48.2 Å². The van der Waals surface area contributed by atoms with Gasteiger partial charge >= 0.3 is 5.97 Å². The second-order valence-electron chi connectivity index (χ2n) is 18.2. The minimum Gasteiger partial charge on any atom is -0.480 e. The highest BCUT2D eigenvalue weighted by Crippen LogP contribution is 2.19. The summed E-state index contributed by atoms with van der Waals surface area (Å²) in [4.78, 5) is 68.2. The van der Waals surface area contributed by atoms with Gasteiger partial charge in [-0.1, -0.05) is 13.8 Å². The lowest BCUT2D eigenvalue weighted by Crippen LogP contribution is -2.41. The maximum Gasteiger partial charge on any atom is 0.326 e. The van der Waals surface area contributed by atoms with Crippen LogP contribution in [0.5, 0.6) is 0 Å². The van der Waals surface area contributed by atoms with E-state index in [2.05, 4.69) is 39.1 Å². The van der Waals surface area contributed by atoms with Crippen LogP contribution in [-0.2, 0) is 73.0 Å². The first-order chi connectivity index (χ1) is 38.4. The number of nitrogen functional groups attached to an aromatic ring is 2. The third-order valence-corrected chi connectivity index (χ3v) is 12.4. The molecule has 446 valence electrons. The van der Waals surface area contributed by atoms with E-state index in [1.54, 1.807) is 30.5 Å². The monoisotopic (exact) mass is 1140 g/mol. The van der Waals surface area contributed by atoms with Gasteiger partial charge in [-0.25, -0.2) is 14.8 Å². The molecule has 0 aliphatic heterocycles. The first-order valence-corrected chi connectivity index (χ1v) is 28.4. The second-order valence-corrected chi connectivity index (χ2v) is 19.9. The van der Waals surface area contributed by atoms with Crippen molar-refractivity contribution in [3.8, 4) is 0 Å². The Labute approximate surface area is 469 Å². The zero-order chi connectivity index (χ0) is 57.0. The number of aliphatic carboxylic acids is 1. The van der Waals surface area contributed by atoms with Crippen molar-refractivity contribution in [1.82, 2.24) is 25.3 Å². The van der Waals surface area contributed by atoms with E-state index in [1.165, 1.54) is 0 Å². The highest BCUT2D eigenvalue weighted by atomic mass is 32.2. The fourth-order valence-corrected chi connectivity index (χ4v) is 7.76. The third kappa shape index (κ3) is 34.9. The van der Waals surface area contributed by atoms with E-state index in [0.717, 1.165) is 30.9 Å². The Hall–Kier alpha value is -4.77. The SMILES string of the molecule is CC(C)SCCOCCOCCOCCOCCOCCOCCOCCOCCC(=O)CCCCOCCOCCOCCCCC(=O)CCC(NC(=O)c1ccc(N(C)Cc2cnc3nc(N)nc(N)c3n2)cc1)C(=O)O. The van der Waals surface area contributed by atoms with Crippen LogP contribution in [-0.4, -0.2) is 218 Å². The van der Waals surface area contributed by atoms with Crippen molar-refractivity contribution in [2.75, 3.05) is 175 Å². The van der Waals surface area contributed by atoms with Gasteiger partial charge in [-0.3, -0.25) is 14.4 Å². The Morgan fingerprint density at radius 3 is 1.48 bits per heavy atom. The van der Waals surface area contributed by atoms with Crippen LogP contribution in [0.4, 0.5) is 17.5 Å². The molecule has 1 atom stereocenters. The molecule has 2 aromatic heterocycles. The summed E-state index contributed by atoms with van der Waals surface area (Å²) >= 11 is 1.89. The summed E-state index contributed by atoms with van der Waals surface area (Å²) in [5.41, 5.74) is 13.9. The molecule has 3 aromatic rings. The van der Waals surface area contributed by atoms with Crippen LogP contribution in [0.25, 0.3) is 11.2 Å². The number of Topliss-reactive ketones (excluding diaryl/α,β-unsaturated/α-hetero) is 2. The van der Waals surface area contributed by atoms with Gasteiger partial charge in [-0.15, -0.1) is 0 Å². The smallest absolute Gasteiger partial charge is 0.326 e. The summed E-state index contributed by atoms with van der Waals surface area (Å²) in [5.74, 6) is -0.559. The molecule has 0 saturated heterocycles. The van der Waals surface area contributed by atoms with Crippen molar-refractivity contribution >= 4 is 63.8 Å². The van der Waals surface area contributed by atoms with Gasteiger partial charge < -0.3 is 78.9 Å². The summed E-state index contributed by atoms with van der Waals surface area (Å²) in [6.07, 6.45) is 5.49. The molecule has 0 bridgehead atoms. The zero-order valence-corrected chi connectivity index (χ0v) is 47.6. The van der Waals surface area contributed by atoms with Crippen molar-refractivity contribution in [2.24, 2.45) is 0 Å². The number of carboxylic acids is 1. The first kappa shape index (κ1) is 68.5. The number of aromatic nitrogens is 4. The largest absolute Gasteiger partial charge is 0.480 e. The molecule has 0 radical (unpaired) electrons. The van der Waals surface area contributed by atoms with E-state index < -0.39 is 17.9 Å². The van der Waals surface area contributed by atoms with Gasteiger partial charge in [0, 0.05) is 62.9 Å². The van der Waals surface area contributed by atoms with Crippen LogP contribution in [0.3, 0.4) is 0 Å². The molecule has 0 spiro atoms. The van der Waals surface area contributed by atoms with Crippen molar-refractivity contribution in [2.45, 2.75) is 89.5 Å². The van der Waals surface area contributed by atoms with Crippen LogP contribution >= 0.6 is 11.8 Å². The number of rotatable bonds is 53. The molecule has 2 heterocycles. The molecule has 3 rings (SSSR count). The third-order valence-electron chi connectivity index (χ3n) is 11.3. The number of thioether (sulfide) groups is 1. The van der Waals surface area contributed by atoms with Crippen LogP contribution in [0.15, 0.2) is 30.5 Å². The van der Waals surface area contributed by atoms with Gasteiger partial charge in [0.15, 0.2) is 17.0 Å². The molecule has 0 fully saturated rings. The summed E-state index contributed by atoms with van der Waals surface area (Å²) in [5, 5.41) is 12.9. The summed E-state index contributed by atoms with van der Waals surface area (Å²) in [6.45, 7) is 15.5. The number of anilines is 3. The number of carboxylic acid groups (broad SMARTS) is 1. The predicted molar refractivity (Wildman–Crippen MR) is 300 cm³/mol. The van der Waals surface area contributed by atoms with Gasteiger partial charge in [0.1, 0.15) is 17.6 Å². The molecule has 0 aliphatic rings. The standard InChI is InChI=1S/C54H88N8O16S/c1-42(2)79-39-38-78-37-36-77-35-34-76-33-32-75-31-30-74-29-28-73-27-26-72-25-22-70-19-16-47(64)9-5-7-18-69-21-24-71-23-20-68-17-6-4-8-46(63)14-15-48(53(66)67)59-52(65)43-10-12-45(13-11-43)62(3)41-44-40-57-51-49(58-44)50(55)60-54(56)61-51/h10-13,40,42,48H,4-9,14-39,41H2,1-3H3,(H,59,65)(H,66,67)(H4,55,56,57,60,61). The highest BCUT2D eigenvalue weighted by molar-refractivity contribution is 7.99. The zero-order valence-electron chi connectivity index (χ0n) is 46.7. The fourth-order valence-electron chi connectivity index (χ4n) is 7.08. The van der Waals surface area contributed by atoms with Crippen LogP contribution in [0, 0.1) is 0 Å². The number of nitrogens with zero attached hydrogens (tertiary/aromatic N) is 5. The number of carbonyl (C=O) groups is 4. The van der Waals surface area contributed by atoms with E-state index in [0.29, 0.717) is 193 Å². The van der Waals surface area contributed by atoms with E-state index in [9.17, 15) is 24.3 Å². The number of amides is 1. The number of nitrogens with two attached hydrogens (primary N) is 2. The Balaban J connectivity index is 1.01. The summed E-state index contributed by atoms with van der Waals surface area (Å²) in [6, 6.07) is 5.42. The Morgan fingerprint density at radius 2 is 1.01 bits per heavy atom. The number of benzene rings is 1. The molecule has 0 aliphatic carbocycles. The first-order valence-electron chi connectivity index (χ1n) is 27.3. The lowest BCUT2D eigenvalue weighted by atomic mass is 10.0. The molecular weight excluding hydrogens is 1050 g/mol. The molecular formula is C54H88N8O16S. The number of unbranched alkanes of at least 4 members (excludes halogenated alkanes) is 2. The molecule has 1 aromatic carbocycles. The van der Waals surface area contributed by atoms with Crippen molar-refractivity contribution in [1.29, 1.82) is 0 Å². The summed E-state index contributed by atoms with van der Waals surface area (Å²) in [7, 11) is 1.84. The van der Waals surface area contributed by atoms with E-state index in [1.807, 2.05) is 23.7 Å². The minimum absolute atomic E-state index is 0.0107. The Kier molecular flexibility index (Phi) is 38.9. The number of hydrogen-bond acceptors (Lipinski definition) is 23. The molecule has 1 amide bonds. The van der Waals surface area contributed by atoms with Crippen molar-refractivity contribution in [3.63, 3.8) is 0 Å². The molecule has 25 heteroatoms. The maximum absolute atomic E-state index is 12.9. The van der Waals surface area contributed by atoms with Gasteiger partial charge in [0.05, 0.1) is 151 Å². The van der Waals surface area contributed by atoms with Crippen molar-refractivity contribution < 1.29 is 76.4 Å². The molecule has 6 N–H and O–H groups in total. The van der Waals surface area contributed by atoms with Gasteiger partial charge in [0.25, 0.3) is 5.91 Å². The van der Waals surface area contributed by atoms with Crippen LogP contribution in [0.1, 0.15) is 87.7 Å². The number of ether oxygens (including phenoxy) is 11. The number of fused-ring (bicyclic) bond motifs is 1. The quantitative estimate of drug-likeness (QED) is 0.0570. The van der Waals surface area contributed by atoms with Crippen molar-refractivity contribution in [3.05, 3.63) is 41.7 Å². The lowest BCUT2D eigenvalue weighted by molar-refractivity contribution is -0.139. The van der Waals surface area contributed by atoms with Crippen LogP contribution < -0.4 is 21.7 Å². The second kappa shape index (κ2) is 44.9. The average Bonchev–Trinajstić information content (AvgIpc) is 3.44. The van der Waals surface area contributed by atoms with E-state index >= 15 is 0 Å². The minimum atomic E-state index is -1.22. The van der Waals surface area contributed by atoms with E-state index in [4.69, 9.17) is 63.6 Å². The maximum atomic E-state index is 12.9. The van der Waals surface area contributed by atoms with Crippen LogP contribution in [0.2, 0.25) is 0 Å². The number of nitrogens with one attached hydrogen (secondary N) is 1. The fraction of sp³-hybridized carbons (Fsp3) is 0.704. The highest BCUT2D eigenvalue weighted by Gasteiger charge is 2.22. The Bertz CT molecular complexity index is 2100. The number of ketones is 2. The average molecular weight is 1140 g/mol. The van der Waals surface area contributed by atoms with Gasteiger partial charge in [-0.05, 0) is 61.6 Å². The molecule has 24 nitrogen and oxygen atoms in total. The van der Waals surface area contributed by atoms with Gasteiger partial charge in [-0.2, -0.15) is 21.7 Å².